The van der Waals surface area contributed by atoms with Crippen molar-refractivity contribution in [2.45, 2.75) is 19.3 Å². The van der Waals surface area contributed by atoms with Crippen LogP contribution < -0.4 is 10.6 Å². The summed E-state index contributed by atoms with van der Waals surface area (Å²) >= 11 is 0. The summed E-state index contributed by atoms with van der Waals surface area (Å²) in [5.41, 5.74) is 4.45. The fourth-order valence-corrected chi connectivity index (χ4v) is 2.70. The SMILES string of the molecule is C=CNC(=C)c1cccc2cccc(CCCC(=C)NC)c12. The van der Waals surface area contributed by atoms with Crippen LogP contribution in [0.5, 0.6) is 0 Å². The lowest BCUT2D eigenvalue weighted by Crippen LogP contribution is -2.05. The van der Waals surface area contributed by atoms with Gasteiger partial charge in [-0.15, -0.1) is 0 Å². The molecule has 0 bridgehead atoms. The van der Waals surface area contributed by atoms with Crippen molar-refractivity contribution in [2.24, 2.45) is 0 Å². The van der Waals surface area contributed by atoms with E-state index >= 15 is 0 Å². The van der Waals surface area contributed by atoms with E-state index in [0.29, 0.717) is 0 Å². The van der Waals surface area contributed by atoms with Gasteiger partial charge in [-0.05, 0) is 41.8 Å². The van der Waals surface area contributed by atoms with Gasteiger partial charge < -0.3 is 10.6 Å². The minimum atomic E-state index is 0.882. The topological polar surface area (TPSA) is 24.1 Å². The average Bonchev–Trinajstić information content (AvgIpc) is 2.54. The Morgan fingerprint density at radius 2 is 1.86 bits per heavy atom. The summed E-state index contributed by atoms with van der Waals surface area (Å²) in [6, 6.07) is 12.8. The molecule has 0 unspecified atom stereocenters. The van der Waals surface area contributed by atoms with Crippen LogP contribution in [0.25, 0.3) is 16.5 Å². The maximum atomic E-state index is 4.12. The number of nitrogens with one attached hydrogen (secondary N) is 2. The van der Waals surface area contributed by atoms with Crippen molar-refractivity contribution in [3.8, 4) is 0 Å². The van der Waals surface area contributed by atoms with Crippen LogP contribution in [0.3, 0.4) is 0 Å². The van der Waals surface area contributed by atoms with Crippen LogP contribution in [0, 0.1) is 0 Å². The number of allylic oxidation sites excluding steroid dienone is 1. The standard InChI is InChI=1S/C20H24N2/c1-5-22-16(3)19-14-8-13-18-12-7-11-17(20(18)19)10-6-9-15(2)21-4/h5,7-8,11-14,21-22H,1-3,6,9-10H2,4H3. The normalized spacial score (nSPS) is 10.2. The molecule has 0 aliphatic heterocycles. The van der Waals surface area contributed by atoms with Gasteiger partial charge in [0.1, 0.15) is 0 Å². The summed E-state index contributed by atoms with van der Waals surface area (Å²) in [7, 11) is 1.92. The highest BCUT2D eigenvalue weighted by Gasteiger charge is 2.08. The van der Waals surface area contributed by atoms with Crippen molar-refractivity contribution < 1.29 is 0 Å². The van der Waals surface area contributed by atoms with Gasteiger partial charge in [0.15, 0.2) is 0 Å². The highest BCUT2D eigenvalue weighted by atomic mass is 14.8. The predicted molar refractivity (Wildman–Crippen MR) is 97.5 cm³/mol. The van der Waals surface area contributed by atoms with Gasteiger partial charge >= 0.3 is 0 Å². The summed E-state index contributed by atoms with van der Waals surface area (Å²) in [6.45, 7) is 11.8. The molecule has 0 aliphatic rings. The van der Waals surface area contributed by atoms with Gasteiger partial charge in [-0.3, -0.25) is 0 Å². The predicted octanol–water partition coefficient (Wildman–Crippen LogP) is 4.60. The summed E-state index contributed by atoms with van der Waals surface area (Å²) in [5, 5.41) is 8.74. The quantitative estimate of drug-likeness (QED) is 0.743. The van der Waals surface area contributed by atoms with Crippen molar-refractivity contribution in [3.63, 3.8) is 0 Å². The monoisotopic (exact) mass is 292 g/mol. The number of hydrogen-bond acceptors (Lipinski definition) is 2. The highest BCUT2D eigenvalue weighted by Crippen LogP contribution is 2.28. The Morgan fingerprint density at radius 3 is 2.55 bits per heavy atom. The number of hydrogen-bond donors (Lipinski definition) is 2. The van der Waals surface area contributed by atoms with E-state index in [2.05, 4.69) is 66.8 Å². The Hall–Kier alpha value is -2.48. The molecule has 0 radical (unpaired) electrons. The molecule has 0 atom stereocenters. The molecule has 2 aromatic carbocycles. The second kappa shape index (κ2) is 7.51. The molecule has 0 aromatic heterocycles. The third-order valence-corrected chi connectivity index (χ3v) is 3.87. The molecule has 0 aliphatic carbocycles. The fraction of sp³-hybridized carbons (Fsp3) is 0.200. The van der Waals surface area contributed by atoms with E-state index in [-0.39, 0.29) is 0 Å². The molecule has 0 amide bonds. The van der Waals surface area contributed by atoms with E-state index in [1.54, 1.807) is 6.20 Å². The second-order valence-electron chi connectivity index (χ2n) is 5.35. The van der Waals surface area contributed by atoms with E-state index in [0.717, 1.165) is 36.2 Å². The molecule has 114 valence electrons. The van der Waals surface area contributed by atoms with E-state index in [1.807, 2.05) is 7.05 Å². The Kier molecular flexibility index (Phi) is 5.42. The van der Waals surface area contributed by atoms with Crippen LogP contribution >= 0.6 is 0 Å². The van der Waals surface area contributed by atoms with Crippen LogP contribution in [0.15, 0.2) is 68.0 Å². The number of fused-ring (bicyclic) bond motifs is 1. The number of benzene rings is 2. The van der Waals surface area contributed by atoms with Crippen molar-refractivity contribution >= 4 is 16.5 Å². The lowest BCUT2D eigenvalue weighted by molar-refractivity contribution is 0.767. The smallest absolute Gasteiger partial charge is 0.0386 e. The van der Waals surface area contributed by atoms with E-state index < -0.39 is 0 Å². The molecule has 2 nitrogen and oxygen atoms in total. The molecular weight excluding hydrogens is 268 g/mol. The minimum absolute atomic E-state index is 0.882. The molecular formula is C20H24N2. The summed E-state index contributed by atoms with van der Waals surface area (Å²) in [5.74, 6) is 0. The molecule has 2 rings (SSSR count). The zero-order valence-electron chi connectivity index (χ0n) is 13.3. The molecule has 0 saturated carbocycles. The average molecular weight is 292 g/mol. The van der Waals surface area contributed by atoms with Gasteiger partial charge in [0.05, 0.1) is 0 Å². The van der Waals surface area contributed by atoms with E-state index in [4.69, 9.17) is 0 Å². The Bertz CT molecular complexity index is 693. The lowest BCUT2D eigenvalue weighted by Gasteiger charge is -2.14. The number of rotatable bonds is 8. The van der Waals surface area contributed by atoms with E-state index in [1.165, 1.54) is 16.3 Å². The first-order valence-electron chi connectivity index (χ1n) is 7.60. The maximum absolute atomic E-state index is 4.12. The molecule has 2 aromatic rings. The zero-order valence-corrected chi connectivity index (χ0v) is 13.3. The van der Waals surface area contributed by atoms with Gasteiger partial charge in [-0.2, -0.15) is 0 Å². The molecule has 2 N–H and O–H groups in total. The van der Waals surface area contributed by atoms with Crippen LogP contribution in [0.2, 0.25) is 0 Å². The largest absolute Gasteiger partial charge is 0.392 e. The van der Waals surface area contributed by atoms with Crippen LogP contribution in [-0.2, 0) is 6.42 Å². The van der Waals surface area contributed by atoms with Crippen LogP contribution in [0.1, 0.15) is 24.0 Å². The summed E-state index contributed by atoms with van der Waals surface area (Å²) in [6.07, 6.45) is 4.76. The van der Waals surface area contributed by atoms with Gasteiger partial charge in [0, 0.05) is 24.0 Å². The Balaban J connectivity index is 2.35. The molecule has 22 heavy (non-hydrogen) atoms. The van der Waals surface area contributed by atoms with Gasteiger partial charge in [-0.25, -0.2) is 0 Å². The van der Waals surface area contributed by atoms with Crippen molar-refractivity contribution in [3.05, 3.63) is 79.2 Å². The highest BCUT2D eigenvalue weighted by molar-refractivity contribution is 5.95. The first-order valence-corrected chi connectivity index (χ1v) is 7.60. The first-order chi connectivity index (χ1) is 10.7. The Morgan fingerprint density at radius 1 is 1.14 bits per heavy atom. The minimum Gasteiger partial charge on any atom is -0.392 e. The van der Waals surface area contributed by atoms with Crippen LogP contribution in [-0.4, -0.2) is 7.05 Å². The summed E-state index contributed by atoms with van der Waals surface area (Å²) < 4.78 is 0. The molecule has 0 fully saturated rings. The third-order valence-electron chi connectivity index (χ3n) is 3.87. The molecule has 2 heteroatoms. The zero-order chi connectivity index (χ0) is 15.9. The van der Waals surface area contributed by atoms with Gasteiger partial charge in [0.25, 0.3) is 0 Å². The fourth-order valence-electron chi connectivity index (χ4n) is 2.70. The van der Waals surface area contributed by atoms with E-state index in [9.17, 15) is 0 Å². The van der Waals surface area contributed by atoms with Gasteiger partial charge in [0.2, 0.25) is 0 Å². The third kappa shape index (κ3) is 3.59. The molecule has 0 saturated heterocycles. The number of aryl methyl sites for hydroxylation is 1. The second-order valence-corrected chi connectivity index (χ2v) is 5.35. The van der Waals surface area contributed by atoms with Crippen molar-refractivity contribution in [2.75, 3.05) is 7.05 Å². The van der Waals surface area contributed by atoms with Crippen LogP contribution in [0.4, 0.5) is 0 Å². The van der Waals surface area contributed by atoms with Crippen molar-refractivity contribution in [1.29, 1.82) is 0 Å². The molecule has 0 heterocycles. The lowest BCUT2D eigenvalue weighted by atomic mass is 9.94. The first kappa shape index (κ1) is 15.9. The van der Waals surface area contributed by atoms with Gasteiger partial charge in [-0.1, -0.05) is 56.1 Å². The maximum Gasteiger partial charge on any atom is 0.0386 e. The molecule has 0 spiro atoms. The summed E-state index contributed by atoms with van der Waals surface area (Å²) in [4.78, 5) is 0. The van der Waals surface area contributed by atoms with Crippen molar-refractivity contribution in [1.82, 2.24) is 10.6 Å². The Labute approximate surface area is 133 Å².